The van der Waals surface area contributed by atoms with Gasteiger partial charge in [0.15, 0.2) is 0 Å². The summed E-state index contributed by atoms with van der Waals surface area (Å²) < 4.78 is 17.4. The van der Waals surface area contributed by atoms with Gasteiger partial charge in [-0.2, -0.15) is 0 Å². The van der Waals surface area contributed by atoms with Gasteiger partial charge in [0.1, 0.15) is 17.2 Å². The molecule has 3 aliphatic carbocycles. The summed E-state index contributed by atoms with van der Waals surface area (Å²) in [6, 6.07) is 13.5. The van der Waals surface area contributed by atoms with Crippen LogP contribution in [0.5, 0.6) is 17.2 Å². The molecular weight excluding hydrogens is 372 g/mol. The largest absolute Gasteiger partial charge is 0.497 e. The van der Waals surface area contributed by atoms with Gasteiger partial charge in [-0.3, -0.25) is 0 Å². The summed E-state index contributed by atoms with van der Waals surface area (Å²) in [5, 5.41) is 0. The first-order chi connectivity index (χ1) is 14.5. The Kier molecular flexibility index (Phi) is 4.32. The van der Waals surface area contributed by atoms with Gasteiger partial charge in [0.2, 0.25) is 0 Å². The van der Waals surface area contributed by atoms with Crippen LogP contribution in [-0.2, 0) is 6.42 Å². The molecule has 0 saturated carbocycles. The fraction of sp³-hybridized carbons (Fsp3) is 0.333. The maximum atomic E-state index is 5.92. The summed E-state index contributed by atoms with van der Waals surface area (Å²) in [7, 11) is 5.26. The molecule has 3 nitrogen and oxygen atoms in total. The van der Waals surface area contributed by atoms with E-state index in [0.717, 1.165) is 23.7 Å². The molecule has 3 aromatic carbocycles. The third-order valence-electron chi connectivity index (χ3n) is 6.98. The molecule has 0 aromatic heterocycles. The van der Waals surface area contributed by atoms with Gasteiger partial charge in [0, 0.05) is 23.5 Å². The smallest absolute Gasteiger partial charge is 0.127 e. The number of aryl methyl sites for hydroxylation is 3. The van der Waals surface area contributed by atoms with Crippen molar-refractivity contribution in [2.45, 2.75) is 39.0 Å². The minimum Gasteiger partial charge on any atom is -0.497 e. The van der Waals surface area contributed by atoms with Crippen molar-refractivity contribution in [2.75, 3.05) is 21.3 Å². The Hall–Kier alpha value is -2.94. The van der Waals surface area contributed by atoms with E-state index < -0.39 is 0 Å². The average Bonchev–Trinajstić information content (AvgIpc) is 2.96. The molecule has 2 atom stereocenters. The zero-order valence-electron chi connectivity index (χ0n) is 18.6. The maximum Gasteiger partial charge on any atom is 0.127 e. The Morgan fingerprint density at radius 3 is 2.03 bits per heavy atom. The molecule has 6 rings (SSSR count). The third kappa shape index (κ3) is 2.57. The zero-order valence-corrected chi connectivity index (χ0v) is 18.6. The highest BCUT2D eigenvalue weighted by molar-refractivity contribution is 5.69. The molecule has 0 N–H and O–H groups in total. The summed E-state index contributed by atoms with van der Waals surface area (Å²) in [5.74, 6) is 3.09. The van der Waals surface area contributed by atoms with Crippen LogP contribution in [0.4, 0.5) is 0 Å². The van der Waals surface area contributed by atoms with Gasteiger partial charge < -0.3 is 14.2 Å². The highest BCUT2D eigenvalue weighted by Crippen LogP contribution is 2.56. The Balaban J connectivity index is 1.92. The summed E-state index contributed by atoms with van der Waals surface area (Å²) in [5.41, 5.74) is 11.9. The molecule has 0 amide bonds. The van der Waals surface area contributed by atoms with Gasteiger partial charge in [0.25, 0.3) is 0 Å². The second-order valence-electron chi connectivity index (χ2n) is 8.62. The van der Waals surface area contributed by atoms with Crippen LogP contribution in [0.1, 0.15) is 61.9 Å². The minimum absolute atomic E-state index is 0.123. The van der Waals surface area contributed by atoms with Crippen LogP contribution in [0.2, 0.25) is 0 Å². The lowest BCUT2D eigenvalue weighted by molar-refractivity contribution is 0.388. The summed E-state index contributed by atoms with van der Waals surface area (Å²) >= 11 is 0. The lowest BCUT2D eigenvalue weighted by Crippen LogP contribution is -2.18. The molecule has 2 unspecified atom stereocenters. The standard InChI is InChI=1S/C27H28O3/c1-14-7-21-20(24(8-14)29-5)13-19-18-9-15(2)16(3)10-22(18)26(21)27-23(19)11-17(28-4)12-25(27)30-6/h7-12,19,26H,13H2,1-6H3. The molecule has 0 spiro atoms. The van der Waals surface area contributed by atoms with Crippen molar-refractivity contribution in [1.82, 2.24) is 0 Å². The summed E-state index contributed by atoms with van der Waals surface area (Å²) in [6.45, 7) is 6.56. The lowest BCUT2D eigenvalue weighted by atomic mass is 9.71. The van der Waals surface area contributed by atoms with Gasteiger partial charge in [-0.15, -0.1) is 0 Å². The van der Waals surface area contributed by atoms with E-state index in [1.807, 2.05) is 6.07 Å². The Morgan fingerprint density at radius 2 is 1.37 bits per heavy atom. The Labute approximate surface area is 178 Å². The second kappa shape index (κ2) is 6.80. The highest BCUT2D eigenvalue weighted by atomic mass is 16.5. The monoisotopic (exact) mass is 400 g/mol. The van der Waals surface area contributed by atoms with E-state index in [0.29, 0.717) is 0 Å². The topological polar surface area (TPSA) is 27.7 Å². The molecule has 0 fully saturated rings. The molecule has 3 aromatic rings. The zero-order chi connectivity index (χ0) is 21.2. The number of hydrogen-bond acceptors (Lipinski definition) is 3. The molecule has 2 bridgehead atoms. The predicted molar refractivity (Wildman–Crippen MR) is 120 cm³/mol. The first kappa shape index (κ1) is 19.0. The molecule has 3 aliphatic rings. The van der Waals surface area contributed by atoms with Gasteiger partial charge in [-0.05, 0) is 83.8 Å². The summed E-state index contributed by atoms with van der Waals surface area (Å²) in [6.07, 6.45) is 0.911. The van der Waals surface area contributed by atoms with Gasteiger partial charge in [-0.25, -0.2) is 0 Å². The van der Waals surface area contributed by atoms with Crippen LogP contribution < -0.4 is 14.2 Å². The van der Waals surface area contributed by atoms with Crippen LogP contribution in [0.25, 0.3) is 0 Å². The first-order valence-electron chi connectivity index (χ1n) is 10.5. The fourth-order valence-corrected chi connectivity index (χ4v) is 5.46. The van der Waals surface area contributed by atoms with Crippen molar-refractivity contribution in [1.29, 1.82) is 0 Å². The fourth-order valence-electron chi connectivity index (χ4n) is 5.46. The van der Waals surface area contributed by atoms with Crippen molar-refractivity contribution in [2.24, 2.45) is 0 Å². The summed E-state index contributed by atoms with van der Waals surface area (Å²) in [4.78, 5) is 0. The number of rotatable bonds is 3. The molecule has 0 aliphatic heterocycles. The first-order valence-corrected chi connectivity index (χ1v) is 10.5. The van der Waals surface area contributed by atoms with E-state index in [1.165, 1.54) is 50.1 Å². The SMILES string of the molecule is COc1cc(OC)c2c(c1)C1Cc3c(OC)cc(C)cc3C2c2cc(C)c(C)cc21. The molecular formula is C27H28O3. The molecule has 154 valence electrons. The van der Waals surface area contributed by atoms with Crippen LogP contribution >= 0.6 is 0 Å². The minimum atomic E-state index is 0.123. The van der Waals surface area contributed by atoms with Gasteiger partial charge in [0.05, 0.1) is 21.3 Å². The van der Waals surface area contributed by atoms with Crippen molar-refractivity contribution in [3.63, 3.8) is 0 Å². The molecule has 0 saturated heterocycles. The van der Waals surface area contributed by atoms with Gasteiger partial charge >= 0.3 is 0 Å². The van der Waals surface area contributed by atoms with Crippen LogP contribution in [0.15, 0.2) is 36.4 Å². The lowest BCUT2D eigenvalue weighted by Gasteiger charge is -2.33. The number of methoxy groups -OCH3 is 3. The van der Waals surface area contributed by atoms with Crippen LogP contribution in [-0.4, -0.2) is 21.3 Å². The Bertz CT molecular complexity index is 1180. The second-order valence-corrected chi connectivity index (χ2v) is 8.62. The van der Waals surface area contributed by atoms with E-state index in [2.05, 4.69) is 51.1 Å². The molecule has 3 heteroatoms. The van der Waals surface area contributed by atoms with E-state index in [4.69, 9.17) is 14.2 Å². The van der Waals surface area contributed by atoms with Crippen molar-refractivity contribution < 1.29 is 14.2 Å². The van der Waals surface area contributed by atoms with Crippen molar-refractivity contribution in [3.8, 4) is 17.2 Å². The van der Waals surface area contributed by atoms with E-state index in [1.54, 1.807) is 21.3 Å². The van der Waals surface area contributed by atoms with E-state index in [-0.39, 0.29) is 11.8 Å². The Morgan fingerprint density at radius 1 is 0.667 bits per heavy atom. The number of hydrogen-bond donors (Lipinski definition) is 0. The molecule has 30 heavy (non-hydrogen) atoms. The van der Waals surface area contributed by atoms with E-state index in [9.17, 15) is 0 Å². The average molecular weight is 401 g/mol. The third-order valence-corrected chi connectivity index (χ3v) is 6.98. The van der Waals surface area contributed by atoms with Crippen LogP contribution in [0.3, 0.4) is 0 Å². The molecule has 0 radical (unpaired) electrons. The van der Waals surface area contributed by atoms with Gasteiger partial charge in [-0.1, -0.05) is 18.2 Å². The number of ether oxygens (including phenoxy) is 3. The molecule has 0 heterocycles. The quantitative estimate of drug-likeness (QED) is 0.554. The van der Waals surface area contributed by atoms with E-state index >= 15 is 0 Å². The highest BCUT2D eigenvalue weighted by Gasteiger charge is 2.41. The van der Waals surface area contributed by atoms with Crippen LogP contribution in [0, 0.1) is 20.8 Å². The predicted octanol–water partition coefficient (Wildman–Crippen LogP) is 5.82. The van der Waals surface area contributed by atoms with Crippen molar-refractivity contribution >= 4 is 0 Å². The number of benzene rings is 3. The normalized spacial score (nSPS) is 18.2. The maximum absolute atomic E-state index is 5.92. The van der Waals surface area contributed by atoms with Crippen molar-refractivity contribution in [3.05, 3.63) is 86.5 Å².